The molecule has 0 N–H and O–H groups in total. The van der Waals surface area contributed by atoms with Crippen molar-refractivity contribution in [2.24, 2.45) is 0 Å². The Hall–Kier alpha value is -6.39. The Kier molecular flexibility index (Phi) is 8.45. The Morgan fingerprint density at radius 3 is 0.966 bits per heavy atom. The van der Waals surface area contributed by atoms with Crippen molar-refractivity contribution in [2.75, 3.05) is 0 Å². The molecule has 0 amide bonds. The second kappa shape index (κ2) is 13.6. The van der Waals surface area contributed by atoms with E-state index in [0.29, 0.717) is 72.3 Å². The number of hydrogen-bond acceptors (Lipinski definition) is 7. The molecule has 3 heterocycles. The number of fused-ring (bicyclic) bond motifs is 4. The van der Waals surface area contributed by atoms with Gasteiger partial charge in [0.15, 0.2) is 31.8 Å². The van der Waals surface area contributed by atoms with E-state index in [2.05, 4.69) is 0 Å². The minimum Gasteiger partial charge on any atom is -0.456 e. The van der Waals surface area contributed by atoms with Gasteiger partial charge in [0, 0.05) is 27.3 Å². The third-order valence-electron chi connectivity index (χ3n) is 10.9. The first kappa shape index (κ1) is 36.0. The van der Waals surface area contributed by atoms with E-state index in [9.17, 15) is 0 Å². The molecule has 0 fully saturated rings. The van der Waals surface area contributed by atoms with Crippen LogP contribution in [0.5, 0.6) is 23.0 Å². The van der Waals surface area contributed by atoms with Crippen LogP contribution in [0.15, 0.2) is 152 Å². The molecule has 0 aliphatic carbocycles. The van der Waals surface area contributed by atoms with E-state index >= 15 is 9.13 Å². The van der Waals surface area contributed by atoms with Gasteiger partial charge in [-0.25, -0.2) is 15.0 Å². The second-order valence-electron chi connectivity index (χ2n) is 15.1. The molecule has 2 aliphatic rings. The summed E-state index contributed by atoms with van der Waals surface area (Å²) < 4.78 is 43.5. The van der Waals surface area contributed by atoms with E-state index < -0.39 is 14.3 Å². The van der Waals surface area contributed by atoms with Crippen molar-refractivity contribution in [1.29, 1.82) is 0 Å². The number of hydrogen-bond donors (Lipinski definition) is 0. The molecule has 0 unspecified atom stereocenters. The highest BCUT2D eigenvalue weighted by atomic mass is 31.2. The molecule has 8 aromatic rings. The van der Waals surface area contributed by atoms with Crippen LogP contribution in [0.2, 0.25) is 0 Å². The average Bonchev–Trinajstić information content (AvgIpc) is 3.25. The van der Waals surface area contributed by atoms with Gasteiger partial charge in [0.25, 0.3) is 0 Å². The van der Waals surface area contributed by atoms with Gasteiger partial charge in [0.05, 0.1) is 21.2 Å². The first-order chi connectivity index (χ1) is 28.1. The van der Waals surface area contributed by atoms with E-state index in [1.165, 1.54) is 0 Å². The van der Waals surface area contributed by atoms with Gasteiger partial charge < -0.3 is 18.6 Å². The fourth-order valence-corrected chi connectivity index (χ4v) is 13.9. The summed E-state index contributed by atoms with van der Waals surface area (Å²) in [5.74, 6) is 3.90. The molecule has 0 saturated heterocycles. The average molecular weight is 794 g/mol. The van der Waals surface area contributed by atoms with E-state index in [4.69, 9.17) is 24.4 Å². The minimum atomic E-state index is -3.30. The smallest absolute Gasteiger partial charge is 0.178 e. The quantitative estimate of drug-likeness (QED) is 0.160. The minimum absolute atomic E-state index is 0.475. The molecule has 1 aromatic heterocycles. The lowest BCUT2D eigenvalue weighted by atomic mass is 10.1. The monoisotopic (exact) mass is 793 g/mol. The molecule has 7 aromatic carbocycles. The molecule has 282 valence electrons. The van der Waals surface area contributed by atoms with Gasteiger partial charge in [-0.15, -0.1) is 0 Å². The molecule has 0 bridgehead atoms. The number of rotatable bonds is 5. The zero-order valence-corrected chi connectivity index (χ0v) is 34.1. The van der Waals surface area contributed by atoms with Crippen LogP contribution in [0, 0.1) is 27.7 Å². The summed E-state index contributed by atoms with van der Waals surface area (Å²) in [6.07, 6.45) is 0. The SMILES string of the molecule is Cc1ccc2c(c1)P(=O)(c1ccc(-c3nc(-c4ccccc4)nc(-c4ccc(P5(=O)c6cc(C)ccc6Oc6ccc(C)cc65)cc4)n3)cc1)c1cc(C)ccc1O2. The largest absolute Gasteiger partial charge is 0.456 e. The van der Waals surface area contributed by atoms with Crippen LogP contribution in [-0.4, -0.2) is 15.0 Å². The van der Waals surface area contributed by atoms with E-state index in [0.717, 1.165) is 38.9 Å². The first-order valence-corrected chi connectivity index (χ1v) is 22.5. The number of ether oxygens (including phenoxy) is 2. The van der Waals surface area contributed by atoms with Gasteiger partial charge in [-0.3, -0.25) is 0 Å². The summed E-state index contributed by atoms with van der Waals surface area (Å²) in [6, 6.07) is 48.7. The van der Waals surface area contributed by atoms with Crippen molar-refractivity contribution in [1.82, 2.24) is 15.0 Å². The van der Waals surface area contributed by atoms with Crippen LogP contribution in [-0.2, 0) is 9.13 Å². The number of nitrogens with zero attached hydrogens (tertiary/aromatic N) is 3. The number of benzene rings is 7. The lowest BCUT2D eigenvalue weighted by molar-refractivity contribution is 0.484. The molecule has 0 radical (unpaired) electrons. The maximum atomic E-state index is 15.5. The van der Waals surface area contributed by atoms with Crippen LogP contribution in [0.4, 0.5) is 0 Å². The predicted molar refractivity (Wildman–Crippen MR) is 234 cm³/mol. The number of aryl methyl sites for hydroxylation is 4. The van der Waals surface area contributed by atoms with Crippen LogP contribution >= 0.6 is 14.3 Å². The molecule has 10 rings (SSSR count). The normalized spacial score (nSPS) is 14.2. The van der Waals surface area contributed by atoms with Crippen LogP contribution < -0.4 is 41.3 Å². The van der Waals surface area contributed by atoms with Crippen molar-refractivity contribution < 1.29 is 18.6 Å². The predicted octanol–water partition coefficient (Wildman–Crippen LogP) is 9.60. The van der Waals surface area contributed by atoms with E-state index in [-0.39, 0.29) is 0 Å². The Morgan fingerprint density at radius 1 is 0.362 bits per heavy atom. The van der Waals surface area contributed by atoms with Gasteiger partial charge in [-0.1, -0.05) is 125 Å². The molecule has 0 spiro atoms. The summed E-state index contributed by atoms with van der Waals surface area (Å²) >= 11 is 0. The van der Waals surface area contributed by atoms with Crippen molar-refractivity contribution in [2.45, 2.75) is 27.7 Å². The Balaban J connectivity index is 1.07. The van der Waals surface area contributed by atoms with Crippen molar-refractivity contribution in [3.8, 4) is 57.2 Å². The van der Waals surface area contributed by atoms with Crippen LogP contribution in [0.25, 0.3) is 34.2 Å². The molecule has 58 heavy (non-hydrogen) atoms. The standard InChI is InChI=1S/C49H37N3O4P2/c1-30-10-22-39-43(26-30)57(53,44-27-31(2)11-23-40(44)55-39)37-18-14-35(15-19-37)48-50-47(34-8-6-5-7-9-34)51-49(52-48)36-16-20-38(21-17-36)58(54)45-28-32(3)12-24-41(45)56-42-25-13-33(4)29-46(42)58/h5-29H,1-4H3. The third-order valence-corrected chi connectivity index (χ3v) is 17.1. The molecule has 0 atom stereocenters. The molecular formula is C49H37N3O4P2. The second-order valence-corrected chi connectivity index (χ2v) is 20.5. The molecule has 0 saturated carbocycles. The Labute approximate surface area is 337 Å². The molecule has 2 aliphatic heterocycles. The lowest BCUT2D eigenvalue weighted by Crippen LogP contribution is -2.31. The van der Waals surface area contributed by atoms with Gasteiger partial charge in [0.2, 0.25) is 0 Å². The summed E-state index contributed by atoms with van der Waals surface area (Å²) in [5, 5.41) is 4.16. The van der Waals surface area contributed by atoms with Gasteiger partial charge in [-0.2, -0.15) is 0 Å². The summed E-state index contributed by atoms with van der Waals surface area (Å²) in [7, 11) is -6.61. The van der Waals surface area contributed by atoms with Crippen LogP contribution in [0.1, 0.15) is 22.3 Å². The Morgan fingerprint density at radius 2 is 0.655 bits per heavy atom. The zero-order valence-electron chi connectivity index (χ0n) is 32.3. The molecule has 7 nitrogen and oxygen atoms in total. The molecule has 9 heteroatoms. The highest BCUT2D eigenvalue weighted by Crippen LogP contribution is 2.53. The summed E-state index contributed by atoms with van der Waals surface area (Å²) in [4.78, 5) is 14.9. The van der Waals surface area contributed by atoms with E-state index in [1.54, 1.807) is 0 Å². The molecular weight excluding hydrogens is 757 g/mol. The highest BCUT2D eigenvalue weighted by molar-refractivity contribution is 7.86. The highest BCUT2D eigenvalue weighted by Gasteiger charge is 2.41. The van der Waals surface area contributed by atoms with Gasteiger partial charge >= 0.3 is 0 Å². The summed E-state index contributed by atoms with van der Waals surface area (Å²) in [5.41, 5.74) is 6.38. The van der Waals surface area contributed by atoms with E-state index in [1.807, 2.05) is 179 Å². The lowest BCUT2D eigenvalue weighted by Gasteiger charge is -2.29. The first-order valence-electron chi connectivity index (χ1n) is 19.1. The van der Waals surface area contributed by atoms with Gasteiger partial charge in [-0.05, 0) is 76.2 Å². The van der Waals surface area contributed by atoms with Gasteiger partial charge in [0.1, 0.15) is 23.0 Å². The fourth-order valence-electron chi connectivity index (χ4n) is 7.88. The fraction of sp³-hybridized carbons (Fsp3) is 0.0816. The van der Waals surface area contributed by atoms with Crippen molar-refractivity contribution >= 4 is 46.1 Å². The Bertz CT molecular complexity index is 2760. The number of aromatic nitrogens is 3. The van der Waals surface area contributed by atoms with Crippen molar-refractivity contribution in [3.63, 3.8) is 0 Å². The topological polar surface area (TPSA) is 91.3 Å². The zero-order chi connectivity index (χ0) is 39.8. The van der Waals surface area contributed by atoms with Crippen molar-refractivity contribution in [3.05, 3.63) is 174 Å². The maximum Gasteiger partial charge on any atom is 0.178 e. The van der Waals surface area contributed by atoms with Crippen LogP contribution in [0.3, 0.4) is 0 Å². The third kappa shape index (κ3) is 5.85. The summed E-state index contributed by atoms with van der Waals surface area (Å²) in [6.45, 7) is 8.00. The maximum absolute atomic E-state index is 15.5.